The third kappa shape index (κ3) is 2.88. The number of nitrogens with zero attached hydrogens (tertiary/aromatic N) is 5. The van der Waals surface area contributed by atoms with Crippen LogP contribution in [0.15, 0.2) is 12.4 Å². The molecule has 1 aliphatic heterocycles. The Bertz CT molecular complexity index is 718. The first kappa shape index (κ1) is 15.4. The highest BCUT2D eigenvalue weighted by Crippen LogP contribution is 2.26. The molecular formula is C15H18FN5O2. The molecule has 0 spiro atoms. The van der Waals surface area contributed by atoms with Gasteiger partial charge < -0.3 is 10.0 Å². The molecular weight excluding hydrogens is 301 g/mol. The topological polar surface area (TPSA) is 84.1 Å². The van der Waals surface area contributed by atoms with Crippen molar-refractivity contribution in [3.8, 4) is 11.4 Å². The second-order valence-corrected chi connectivity index (χ2v) is 5.77. The summed E-state index contributed by atoms with van der Waals surface area (Å²) in [5, 5.41) is 13.2. The summed E-state index contributed by atoms with van der Waals surface area (Å²) in [7, 11) is 1.74. The molecule has 0 bridgehead atoms. The Hall–Kier alpha value is -2.51. The van der Waals surface area contributed by atoms with Gasteiger partial charge >= 0.3 is 5.97 Å². The Labute approximate surface area is 132 Å². The number of anilines is 1. The van der Waals surface area contributed by atoms with Gasteiger partial charge in [-0.1, -0.05) is 0 Å². The number of carbonyl (C=O) groups is 1. The van der Waals surface area contributed by atoms with Gasteiger partial charge in [-0.05, 0) is 25.3 Å². The molecule has 0 aliphatic carbocycles. The Balaban J connectivity index is 1.89. The maximum absolute atomic E-state index is 14.2. The molecule has 1 fully saturated rings. The molecule has 0 saturated carbocycles. The molecule has 0 amide bonds. The van der Waals surface area contributed by atoms with E-state index in [4.69, 9.17) is 5.11 Å². The zero-order valence-corrected chi connectivity index (χ0v) is 13.0. The van der Waals surface area contributed by atoms with Gasteiger partial charge in [0.05, 0.1) is 24.0 Å². The third-order valence-electron chi connectivity index (χ3n) is 4.20. The van der Waals surface area contributed by atoms with Crippen LogP contribution in [0.5, 0.6) is 0 Å². The SMILES string of the molecule is Cc1cnn(C)c1-c1nc(N2CCC(C(=O)O)CC2)ncc1F. The number of piperidine rings is 1. The largest absolute Gasteiger partial charge is 0.481 e. The van der Waals surface area contributed by atoms with Crippen LogP contribution in [-0.2, 0) is 11.8 Å². The lowest BCUT2D eigenvalue weighted by atomic mass is 9.97. The molecule has 122 valence electrons. The maximum atomic E-state index is 14.2. The number of halogens is 1. The molecule has 3 rings (SSSR count). The molecule has 0 atom stereocenters. The van der Waals surface area contributed by atoms with Gasteiger partial charge in [-0.3, -0.25) is 9.48 Å². The van der Waals surface area contributed by atoms with Crippen molar-refractivity contribution in [3.63, 3.8) is 0 Å². The van der Waals surface area contributed by atoms with Crippen molar-refractivity contribution in [2.45, 2.75) is 19.8 Å². The predicted molar refractivity (Wildman–Crippen MR) is 81.5 cm³/mol. The average molecular weight is 319 g/mol. The second-order valence-electron chi connectivity index (χ2n) is 5.77. The van der Waals surface area contributed by atoms with Crippen LogP contribution in [0, 0.1) is 18.7 Å². The van der Waals surface area contributed by atoms with E-state index in [2.05, 4.69) is 15.1 Å². The van der Waals surface area contributed by atoms with Crippen molar-refractivity contribution in [1.29, 1.82) is 0 Å². The minimum Gasteiger partial charge on any atom is -0.481 e. The molecule has 0 radical (unpaired) electrons. The van der Waals surface area contributed by atoms with Gasteiger partial charge in [-0.2, -0.15) is 5.10 Å². The molecule has 2 aromatic heterocycles. The maximum Gasteiger partial charge on any atom is 0.306 e. The van der Waals surface area contributed by atoms with Gasteiger partial charge in [0.2, 0.25) is 5.95 Å². The van der Waals surface area contributed by atoms with Crippen molar-refractivity contribution in [3.05, 3.63) is 23.8 Å². The first-order chi connectivity index (χ1) is 11.0. The summed E-state index contributed by atoms with van der Waals surface area (Å²) in [4.78, 5) is 21.3. The Morgan fingerprint density at radius 3 is 2.61 bits per heavy atom. The van der Waals surface area contributed by atoms with E-state index >= 15 is 0 Å². The summed E-state index contributed by atoms with van der Waals surface area (Å²) in [6, 6.07) is 0. The summed E-state index contributed by atoms with van der Waals surface area (Å²) >= 11 is 0. The zero-order valence-electron chi connectivity index (χ0n) is 13.0. The van der Waals surface area contributed by atoms with Gasteiger partial charge in [-0.25, -0.2) is 14.4 Å². The highest BCUT2D eigenvalue weighted by molar-refractivity contribution is 5.70. The first-order valence-corrected chi connectivity index (χ1v) is 7.46. The van der Waals surface area contributed by atoms with Crippen LogP contribution in [0.2, 0.25) is 0 Å². The van der Waals surface area contributed by atoms with Crippen molar-refractivity contribution >= 4 is 11.9 Å². The van der Waals surface area contributed by atoms with Gasteiger partial charge in [-0.15, -0.1) is 0 Å². The lowest BCUT2D eigenvalue weighted by Gasteiger charge is -2.30. The lowest BCUT2D eigenvalue weighted by Crippen LogP contribution is -2.37. The molecule has 8 heteroatoms. The smallest absolute Gasteiger partial charge is 0.306 e. The van der Waals surface area contributed by atoms with E-state index in [-0.39, 0.29) is 11.6 Å². The molecule has 0 unspecified atom stereocenters. The highest BCUT2D eigenvalue weighted by atomic mass is 19.1. The zero-order chi connectivity index (χ0) is 16.6. The summed E-state index contributed by atoms with van der Waals surface area (Å²) in [5.74, 6) is -1.17. The third-order valence-corrected chi connectivity index (χ3v) is 4.20. The van der Waals surface area contributed by atoms with Crippen LogP contribution in [-0.4, -0.2) is 43.9 Å². The summed E-state index contributed by atoms with van der Waals surface area (Å²) < 4.78 is 15.8. The van der Waals surface area contributed by atoms with E-state index in [1.807, 2.05) is 11.8 Å². The van der Waals surface area contributed by atoms with Crippen LogP contribution >= 0.6 is 0 Å². The van der Waals surface area contributed by atoms with Crippen LogP contribution in [0.1, 0.15) is 18.4 Å². The van der Waals surface area contributed by atoms with E-state index in [1.54, 1.807) is 17.9 Å². The van der Waals surface area contributed by atoms with E-state index in [0.717, 1.165) is 11.8 Å². The average Bonchev–Trinajstić information content (AvgIpc) is 2.87. The van der Waals surface area contributed by atoms with Crippen LogP contribution < -0.4 is 4.90 Å². The fraction of sp³-hybridized carbons (Fsp3) is 0.467. The van der Waals surface area contributed by atoms with Crippen LogP contribution in [0.25, 0.3) is 11.4 Å². The molecule has 1 aliphatic rings. The second kappa shape index (κ2) is 5.94. The summed E-state index contributed by atoms with van der Waals surface area (Å²) in [6.07, 6.45) is 3.90. The molecule has 23 heavy (non-hydrogen) atoms. The monoisotopic (exact) mass is 319 g/mol. The minimum atomic E-state index is -0.768. The number of aromatic nitrogens is 4. The quantitative estimate of drug-likeness (QED) is 0.925. The fourth-order valence-electron chi connectivity index (χ4n) is 2.89. The number of hydrogen-bond donors (Lipinski definition) is 1. The van der Waals surface area contributed by atoms with Crippen molar-refractivity contribution in [1.82, 2.24) is 19.7 Å². The molecule has 3 heterocycles. The predicted octanol–water partition coefficient (Wildman–Crippen LogP) is 1.63. The molecule has 1 N–H and O–H groups in total. The molecule has 2 aromatic rings. The van der Waals surface area contributed by atoms with E-state index in [0.29, 0.717) is 37.6 Å². The van der Waals surface area contributed by atoms with Gasteiger partial charge in [0.25, 0.3) is 0 Å². The number of rotatable bonds is 3. The van der Waals surface area contributed by atoms with E-state index in [1.165, 1.54) is 0 Å². The first-order valence-electron chi connectivity index (χ1n) is 7.46. The standard InChI is InChI=1S/C15H18FN5O2/c1-9-7-18-20(2)13(9)12-11(16)8-17-15(19-12)21-5-3-10(4-6-21)14(22)23/h7-8,10H,3-6H2,1-2H3,(H,22,23). The summed E-state index contributed by atoms with van der Waals surface area (Å²) in [5.41, 5.74) is 1.67. The highest BCUT2D eigenvalue weighted by Gasteiger charge is 2.26. The van der Waals surface area contributed by atoms with E-state index in [9.17, 15) is 9.18 Å². The van der Waals surface area contributed by atoms with Crippen molar-refractivity contribution in [2.75, 3.05) is 18.0 Å². The molecule has 0 aromatic carbocycles. The van der Waals surface area contributed by atoms with Crippen molar-refractivity contribution < 1.29 is 14.3 Å². The van der Waals surface area contributed by atoms with Gasteiger partial charge in [0, 0.05) is 20.1 Å². The normalized spacial score (nSPS) is 15.9. The number of carboxylic acid groups (broad SMARTS) is 1. The molecule has 7 nitrogen and oxygen atoms in total. The van der Waals surface area contributed by atoms with Gasteiger partial charge in [0.15, 0.2) is 5.82 Å². The van der Waals surface area contributed by atoms with Crippen LogP contribution in [0.3, 0.4) is 0 Å². The van der Waals surface area contributed by atoms with Gasteiger partial charge in [0.1, 0.15) is 5.69 Å². The Morgan fingerprint density at radius 1 is 1.35 bits per heavy atom. The Kier molecular flexibility index (Phi) is 3.97. The summed E-state index contributed by atoms with van der Waals surface area (Å²) in [6.45, 7) is 2.95. The minimum absolute atomic E-state index is 0.216. The van der Waals surface area contributed by atoms with Crippen molar-refractivity contribution in [2.24, 2.45) is 13.0 Å². The lowest BCUT2D eigenvalue weighted by molar-refractivity contribution is -0.142. The fourth-order valence-corrected chi connectivity index (χ4v) is 2.89. The van der Waals surface area contributed by atoms with E-state index < -0.39 is 11.8 Å². The number of carboxylic acids is 1. The number of aryl methyl sites for hydroxylation is 2. The number of aliphatic carboxylic acids is 1. The van der Waals surface area contributed by atoms with Crippen LogP contribution in [0.4, 0.5) is 10.3 Å². The molecule has 1 saturated heterocycles. The number of hydrogen-bond acceptors (Lipinski definition) is 5. The Morgan fingerprint density at radius 2 is 2.04 bits per heavy atom.